The number of nitrogens with zero attached hydrogens (tertiary/aromatic N) is 1. The molecule has 1 unspecified atom stereocenters. The molecule has 4 rings (SSSR count). The number of aryl methyl sites for hydroxylation is 2. The first-order valence-corrected chi connectivity index (χ1v) is 10.9. The van der Waals surface area contributed by atoms with Gasteiger partial charge in [-0.2, -0.15) is 0 Å². The summed E-state index contributed by atoms with van der Waals surface area (Å²) in [6.07, 6.45) is 3.19. The molecule has 1 atom stereocenters. The van der Waals surface area contributed by atoms with Crippen LogP contribution in [0, 0.1) is 13.8 Å². The predicted octanol–water partition coefficient (Wildman–Crippen LogP) is 5.94. The first kappa shape index (κ1) is 21.2. The van der Waals surface area contributed by atoms with Crippen molar-refractivity contribution < 1.29 is 14.3 Å². The van der Waals surface area contributed by atoms with Crippen molar-refractivity contribution in [3.63, 3.8) is 0 Å². The lowest BCUT2D eigenvalue weighted by atomic mass is 9.99. The van der Waals surface area contributed by atoms with Gasteiger partial charge in [0.1, 0.15) is 0 Å². The van der Waals surface area contributed by atoms with E-state index in [4.69, 9.17) is 9.72 Å². The first-order chi connectivity index (χ1) is 15.0. The van der Waals surface area contributed by atoms with Crippen LogP contribution in [0.3, 0.4) is 0 Å². The lowest BCUT2D eigenvalue weighted by Crippen LogP contribution is -2.15. The Hall–Kier alpha value is -3.05. The molecule has 1 aliphatic rings. The van der Waals surface area contributed by atoms with Crippen LogP contribution in [-0.2, 0) is 4.74 Å². The van der Waals surface area contributed by atoms with Gasteiger partial charge >= 0.3 is 0 Å². The zero-order valence-corrected chi connectivity index (χ0v) is 18.3. The minimum Gasteiger partial charge on any atom is -0.372 e. The second-order valence-electron chi connectivity index (χ2n) is 8.28. The van der Waals surface area contributed by atoms with Gasteiger partial charge in [-0.15, -0.1) is 0 Å². The largest absolute Gasteiger partial charge is 0.372 e. The van der Waals surface area contributed by atoms with E-state index in [9.17, 15) is 9.59 Å². The Morgan fingerprint density at radius 3 is 2.58 bits per heavy atom. The second-order valence-corrected chi connectivity index (χ2v) is 8.28. The van der Waals surface area contributed by atoms with Gasteiger partial charge in [0.25, 0.3) is 5.91 Å². The SMILES string of the molecule is CCCC(=O)c1ccc(NC(=O)c2cc(C3CCCO3)nc3c(C)cc(C)cc23)cc1. The van der Waals surface area contributed by atoms with Crippen LogP contribution in [0.2, 0.25) is 0 Å². The second kappa shape index (κ2) is 8.98. The highest BCUT2D eigenvalue weighted by Gasteiger charge is 2.23. The Kier molecular flexibility index (Phi) is 6.14. The molecule has 2 aromatic carbocycles. The van der Waals surface area contributed by atoms with Crippen molar-refractivity contribution in [2.24, 2.45) is 0 Å². The van der Waals surface area contributed by atoms with Crippen molar-refractivity contribution in [1.29, 1.82) is 0 Å². The number of nitrogens with one attached hydrogen (secondary N) is 1. The molecule has 0 radical (unpaired) electrons. The van der Waals surface area contributed by atoms with Crippen molar-refractivity contribution >= 4 is 28.3 Å². The first-order valence-electron chi connectivity index (χ1n) is 10.9. The summed E-state index contributed by atoms with van der Waals surface area (Å²) in [7, 11) is 0. The van der Waals surface area contributed by atoms with Crippen molar-refractivity contribution in [2.45, 2.75) is 52.6 Å². The standard InChI is InChI=1S/C26H28N2O3/c1-4-6-23(29)18-8-10-19(11-9-18)27-26(30)21-15-22(24-7-5-12-31-24)28-25-17(3)13-16(2)14-20(21)25/h8-11,13-15,24H,4-7,12H2,1-3H3,(H,27,30). The van der Waals surface area contributed by atoms with E-state index in [1.165, 1.54) is 0 Å². The number of ketones is 1. The van der Waals surface area contributed by atoms with Crippen LogP contribution < -0.4 is 5.32 Å². The lowest BCUT2D eigenvalue weighted by molar-refractivity contribution is 0.0980. The summed E-state index contributed by atoms with van der Waals surface area (Å²) >= 11 is 0. The zero-order chi connectivity index (χ0) is 22.0. The molecule has 31 heavy (non-hydrogen) atoms. The van der Waals surface area contributed by atoms with E-state index < -0.39 is 0 Å². The average molecular weight is 417 g/mol. The Balaban J connectivity index is 1.68. The molecule has 1 saturated heterocycles. The molecule has 0 aliphatic carbocycles. The van der Waals surface area contributed by atoms with Crippen LogP contribution in [0.5, 0.6) is 0 Å². The van der Waals surface area contributed by atoms with Crippen LogP contribution in [0.15, 0.2) is 42.5 Å². The molecule has 3 aromatic rings. The fourth-order valence-corrected chi connectivity index (χ4v) is 4.17. The quantitative estimate of drug-likeness (QED) is 0.505. The van der Waals surface area contributed by atoms with Gasteiger partial charge in [0.05, 0.1) is 22.9 Å². The molecule has 1 aromatic heterocycles. The van der Waals surface area contributed by atoms with Gasteiger partial charge in [-0.1, -0.05) is 18.6 Å². The van der Waals surface area contributed by atoms with E-state index in [0.29, 0.717) is 23.2 Å². The normalized spacial score (nSPS) is 15.9. The van der Waals surface area contributed by atoms with Crippen LogP contribution in [0.4, 0.5) is 5.69 Å². The third-order valence-electron chi connectivity index (χ3n) is 5.71. The number of pyridine rings is 1. The zero-order valence-electron chi connectivity index (χ0n) is 18.3. The molecular weight excluding hydrogens is 388 g/mol. The summed E-state index contributed by atoms with van der Waals surface area (Å²) in [4.78, 5) is 30.2. The minimum atomic E-state index is -0.190. The van der Waals surface area contributed by atoms with Crippen LogP contribution >= 0.6 is 0 Å². The molecule has 1 N–H and O–H groups in total. The van der Waals surface area contributed by atoms with Gasteiger partial charge < -0.3 is 10.1 Å². The number of anilines is 1. The summed E-state index contributed by atoms with van der Waals surface area (Å²) < 4.78 is 5.83. The van der Waals surface area contributed by atoms with E-state index >= 15 is 0 Å². The predicted molar refractivity (Wildman–Crippen MR) is 123 cm³/mol. The highest BCUT2D eigenvalue weighted by Crippen LogP contribution is 2.32. The van der Waals surface area contributed by atoms with Crippen LogP contribution in [-0.4, -0.2) is 23.3 Å². The topological polar surface area (TPSA) is 68.3 Å². The summed E-state index contributed by atoms with van der Waals surface area (Å²) in [5.74, 6) is -0.0723. The van der Waals surface area contributed by atoms with Gasteiger partial charge in [0, 0.05) is 29.7 Å². The van der Waals surface area contributed by atoms with Gasteiger partial charge in [0.2, 0.25) is 0 Å². The van der Waals surface area contributed by atoms with Crippen molar-refractivity contribution in [2.75, 3.05) is 11.9 Å². The molecule has 1 amide bonds. The third-order valence-corrected chi connectivity index (χ3v) is 5.71. The van der Waals surface area contributed by atoms with Gasteiger partial charge in [-0.25, -0.2) is 4.98 Å². The fraction of sp³-hybridized carbons (Fsp3) is 0.346. The third kappa shape index (κ3) is 4.52. The van der Waals surface area contributed by atoms with E-state index in [2.05, 4.69) is 11.4 Å². The Labute approximate surface area is 182 Å². The number of fused-ring (bicyclic) bond motifs is 1. The van der Waals surface area contributed by atoms with E-state index in [-0.39, 0.29) is 17.8 Å². The Morgan fingerprint density at radius 1 is 1.13 bits per heavy atom. The molecule has 5 heteroatoms. The highest BCUT2D eigenvalue weighted by atomic mass is 16.5. The number of ether oxygens (including phenoxy) is 1. The number of amides is 1. The summed E-state index contributed by atoms with van der Waals surface area (Å²) in [5, 5.41) is 3.83. The minimum absolute atomic E-state index is 0.0690. The number of benzene rings is 2. The van der Waals surface area contributed by atoms with Crippen molar-refractivity contribution in [1.82, 2.24) is 4.98 Å². The Bertz CT molecular complexity index is 1130. The maximum absolute atomic E-state index is 13.3. The number of aromatic nitrogens is 1. The monoisotopic (exact) mass is 416 g/mol. The summed E-state index contributed by atoms with van der Waals surface area (Å²) in [6, 6.07) is 13.1. The number of carbonyl (C=O) groups excluding carboxylic acids is 2. The molecule has 2 heterocycles. The van der Waals surface area contributed by atoms with Crippen molar-refractivity contribution in [3.05, 3.63) is 70.4 Å². The van der Waals surface area contributed by atoms with Gasteiger partial charge in [-0.3, -0.25) is 9.59 Å². The lowest BCUT2D eigenvalue weighted by Gasteiger charge is -2.15. The average Bonchev–Trinajstić information content (AvgIpc) is 3.29. The maximum Gasteiger partial charge on any atom is 0.256 e. The molecule has 0 spiro atoms. The molecule has 5 nitrogen and oxygen atoms in total. The summed E-state index contributed by atoms with van der Waals surface area (Å²) in [6.45, 7) is 6.76. The van der Waals surface area contributed by atoms with E-state index in [0.717, 1.165) is 53.6 Å². The number of hydrogen-bond acceptors (Lipinski definition) is 4. The Morgan fingerprint density at radius 2 is 1.90 bits per heavy atom. The van der Waals surface area contributed by atoms with Crippen LogP contribution in [0.25, 0.3) is 10.9 Å². The molecule has 0 bridgehead atoms. The fourth-order valence-electron chi connectivity index (χ4n) is 4.17. The molecule has 0 saturated carbocycles. The van der Waals surface area contributed by atoms with E-state index in [1.54, 1.807) is 24.3 Å². The van der Waals surface area contributed by atoms with E-state index in [1.807, 2.05) is 32.9 Å². The number of hydrogen-bond donors (Lipinski definition) is 1. The van der Waals surface area contributed by atoms with Crippen molar-refractivity contribution in [3.8, 4) is 0 Å². The smallest absolute Gasteiger partial charge is 0.256 e. The maximum atomic E-state index is 13.3. The van der Waals surface area contributed by atoms with Gasteiger partial charge in [0.15, 0.2) is 5.78 Å². The van der Waals surface area contributed by atoms with Gasteiger partial charge in [-0.05, 0) is 75.1 Å². The highest BCUT2D eigenvalue weighted by molar-refractivity contribution is 6.13. The molecule has 160 valence electrons. The number of rotatable bonds is 6. The molecular formula is C26H28N2O3. The summed E-state index contributed by atoms with van der Waals surface area (Å²) in [5.41, 5.74) is 5.69. The number of Topliss-reactive ketones (excluding diaryl/α,β-unsaturated/α-hetero) is 1. The van der Waals surface area contributed by atoms with Crippen LogP contribution in [0.1, 0.15) is 76.2 Å². The number of carbonyl (C=O) groups is 2. The molecule has 1 aliphatic heterocycles. The molecule has 1 fully saturated rings.